The number of hydrogen-bond acceptors (Lipinski definition) is 3. The maximum Gasteiger partial charge on any atom is 0.169 e. The summed E-state index contributed by atoms with van der Waals surface area (Å²) in [5.74, 6) is 0. The third-order valence-corrected chi connectivity index (χ3v) is 3.35. The molecule has 1 N–H and O–H groups in total. The van der Waals surface area contributed by atoms with Crippen LogP contribution in [0.4, 0.5) is 0 Å². The summed E-state index contributed by atoms with van der Waals surface area (Å²) in [5, 5.41) is 4.21. The van der Waals surface area contributed by atoms with Crippen LogP contribution in [0.25, 0.3) is 0 Å². The average molecular weight is 259 g/mol. The predicted molar refractivity (Wildman–Crippen MR) is 75.4 cm³/mol. The maximum absolute atomic E-state index is 5.47. The van der Waals surface area contributed by atoms with Crippen molar-refractivity contribution in [2.45, 2.75) is 31.8 Å². The monoisotopic (exact) mass is 259 g/mol. The van der Waals surface area contributed by atoms with E-state index in [0.717, 1.165) is 18.2 Å². The molecule has 0 amide bonds. The summed E-state index contributed by atoms with van der Waals surface area (Å²) in [6, 6.07) is 0.827. The fourth-order valence-corrected chi connectivity index (χ4v) is 2.74. The standard InChI is InChI=1S/C12H25N3OS/c1-10(9-16-4)13-12(17)15-7-5-6-11(15)8-14(2)3/h10-11H,5-9H2,1-4H3,(H,13,17). The number of nitrogens with one attached hydrogen (secondary N) is 1. The molecule has 0 aliphatic carbocycles. The first kappa shape index (κ1) is 14.7. The largest absolute Gasteiger partial charge is 0.383 e. The lowest BCUT2D eigenvalue weighted by atomic mass is 10.2. The van der Waals surface area contributed by atoms with Crippen molar-refractivity contribution < 1.29 is 4.74 Å². The molecular weight excluding hydrogens is 234 g/mol. The number of ether oxygens (including phenoxy) is 1. The molecule has 17 heavy (non-hydrogen) atoms. The highest BCUT2D eigenvalue weighted by Crippen LogP contribution is 2.17. The van der Waals surface area contributed by atoms with E-state index in [1.165, 1.54) is 12.8 Å². The Kier molecular flexibility index (Phi) is 6.16. The number of hydrogen-bond donors (Lipinski definition) is 1. The highest BCUT2D eigenvalue weighted by atomic mass is 32.1. The van der Waals surface area contributed by atoms with E-state index in [2.05, 4.69) is 36.1 Å². The van der Waals surface area contributed by atoms with Gasteiger partial charge in [0.15, 0.2) is 5.11 Å². The van der Waals surface area contributed by atoms with Crippen LogP contribution in [0.1, 0.15) is 19.8 Å². The van der Waals surface area contributed by atoms with E-state index >= 15 is 0 Å². The van der Waals surface area contributed by atoms with Crippen molar-refractivity contribution in [3.8, 4) is 0 Å². The molecule has 1 aliphatic heterocycles. The van der Waals surface area contributed by atoms with Gasteiger partial charge in [0.2, 0.25) is 0 Å². The molecule has 100 valence electrons. The molecule has 2 atom stereocenters. The van der Waals surface area contributed by atoms with Crippen molar-refractivity contribution in [3.63, 3.8) is 0 Å². The smallest absolute Gasteiger partial charge is 0.169 e. The third kappa shape index (κ3) is 4.77. The van der Waals surface area contributed by atoms with Crippen molar-refractivity contribution in [1.82, 2.24) is 15.1 Å². The SMILES string of the molecule is COCC(C)NC(=S)N1CCCC1CN(C)C. The van der Waals surface area contributed by atoms with Crippen molar-refractivity contribution in [2.24, 2.45) is 0 Å². The van der Waals surface area contributed by atoms with Crippen LogP contribution in [0.2, 0.25) is 0 Å². The van der Waals surface area contributed by atoms with Gasteiger partial charge in [-0.05, 0) is 46.1 Å². The Bertz CT molecular complexity index is 248. The molecule has 0 saturated carbocycles. The Morgan fingerprint density at radius 1 is 1.59 bits per heavy atom. The second-order valence-electron chi connectivity index (χ2n) is 5.06. The van der Waals surface area contributed by atoms with E-state index in [-0.39, 0.29) is 6.04 Å². The summed E-state index contributed by atoms with van der Waals surface area (Å²) in [4.78, 5) is 4.55. The Balaban J connectivity index is 2.44. The number of likely N-dealkylation sites (tertiary alicyclic amines) is 1. The lowest BCUT2D eigenvalue weighted by Gasteiger charge is -2.31. The molecular formula is C12H25N3OS. The van der Waals surface area contributed by atoms with E-state index in [9.17, 15) is 0 Å². The van der Waals surface area contributed by atoms with Gasteiger partial charge in [-0.1, -0.05) is 0 Å². The highest BCUT2D eigenvalue weighted by molar-refractivity contribution is 7.80. The first-order valence-electron chi connectivity index (χ1n) is 6.25. The molecule has 2 unspecified atom stereocenters. The number of rotatable bonds is 5. The zero-order valence-corrected chi connectivity index (χ0v) is 12.2. The minimum atomic E-state index is 0.271. The Morgan fingerprint density at radius 2 is 2.29 bits per heavy atom. The molecule has 1 saturated heterocycles. The summed E-state index contributed by atoms with van der Waals surface area (Å²) >= 11 is 5.47. The molecule has 1 fully saturated rings. The second kappa shape index (κ2) is 7.13. The van der Waals surface area contributed by atoms with Crippen LogP contribution in [-0.2, 0) is 4.74 Å². The van der Waals surface area contributed by atoms with Gasteiger partial charge in [-0.25, -0.2) is 0 Å². The van der Waals surface area contributed by atoms with Gasteiger partial charge in [-0.2, -0.15) is 0 Å². The number of methoxy groups -OCH3 is 1. The number of likely N-dealkylation sites (N-methyl/N-ethyl adjacent to an activating group) is 1. The molecule has 4 nitrogen and oxygen atoms in total. The molecule has 1 rings (SSSR count). The topological polar surface area (TPSA) is 27.7 Å². The molecule has 0 radical (unpaired) electrons. The molecule has 1 aliphatic rings. The quantitative estimate of drug-likeness (QED) is 0.741. The Morgan fingerprint density at radius 3 is 2.88 bits per heavy atom. The lowest BCUT2D eigenvalue weighted by Crippen LogP contribution is -2.49. The van der Waals surface area contributed by atoms with Gasteiger partial charge in [0.05, 0.1) is 6.61 Å². The van der Waals surface area contributed by atoms with Gasteiger partial charge in [0.25, 0.3) is 0 Å². The van der Waals surface area contributed by atoms with Crippen LogP contribution >= 0.6 is 12.2 Å². The molecule has 1 heterocycles. The second-order valence-corrected chi connectivity index (χ2v) is 5.44. The van der Waals surface area contributed by atoms with E-state index in [1.54, 1.807) is 7.11 Å². The molecule has 0 spiro atoms. The first-order chi connectivity index (χ1) is 8.04. The molecule has 0 aromatic heterocycles. The van der Waals surface area contributed by atoms with E-state index in [4.69, 9.17) is 17.0 Å². The summed E-state index contributed by atoms with van der Waals surface area (Å²) in [6.07, 6.45) is 2.47. The van der Waals surface area contributed by atoms with Crippen LogP contribution in [0.5, 0.6) is 0 Å². The Hall–Kier alpha value is -0.390. The summed E-state index contributed by atoms with van der Waals surface area (Å²) in [7, 11) is 5.94. The lowest BCUT2D eigenvalue weighted by molar-refractivity contribution is 0.177. The molecule has 0 bridgehead atoms. The van der Waals surface area contributed by atoms with E-state index < -0.39 is 0 Å². The first-order valence-corrected chi connectivity index (χ1v) is 6.66. The van der Waals surface area contributed by atoms with Crippen LogP contribution in [0, 0.1) is 0 Å². The van der Waals surface area contributed by atoms with Crippen molar-refractivity contribution in [2.75, 3.05) is 40.9 Å². The molecule has 0 aromatic carbocycles. The van der Waals surface area contributed by atoms with Gasteiger partial charge in [-0.15, -0.1) is 0 Å². The predicted octanol–water partition coefficient (Wildman–Crippen LogP) is 0.922. The van der Waals surface area contributed by atoms with Crippen molar-refractivity contribution in [1.29, 1.82) is 0 Å². The molecule has 0 aromatic rings. The zero-order valence-electron chi connectivity index (χ0n) is 11.4. The van der Waals surface area contributed by atoms with Crippen molar-refractivity contribution >= 4 is 17.3 Å². The van der Waals surface area contributed by atoms with Crippen LogP contribution in [0.15, 0.2) is 0 Å². The van der Waals surface area contributed by atoms with E-state index in [0.29, 0.717) is 12.6 Å². The fraction of sp³-hybridized carbons (Fsp3) is 0.917. The van der Waals surface area contributed by atoms with Gasteiger partial charge in [0.1, 0.15) is 0 Å². The highest BCUT2D eigenvalue weighted by Gasteiger charge is 2.27. The Labute approximate surface area is 110 Å². The third-order valence-electron chi connectivity index (χ3n) is 3.00. The van der Waals surface area contributed by atoms with Gasteiger partial charge in [-0.3, -0.25) is 0 Å². The molecule has 5 heteroatoms. The summed E-state index contributed by atoms with van der Waals surface area (Å²) in [5.41, 5.74) is 0. The number of nitrogens with zero attached hydrogens (tertiary/aromatic N) is 2. The van der Waals surface area contributed by atoms with Gasteiger partial charge in [0, 0.05) is 32.3 Å². The van der Waals surface area contributed by atoms with Gasteiger partial charge >= 0.3 is 0 Å². The van der Waals surface area contributed by atoms with Crippen LogP contribution < -0.4 is 5.32 Å². The zero-order chi connectivity index (χ0) is 12.8. The van der Waals surface area contributed by atoms with Crippen molar-refractivity contribution in [3.05, 3.63) is 0 Å². The van der Waals surface area contributed by atoms with Crippen LogP contribution in [-0.4, -0.2) is 67.9 Å². The van der Waals surface area contributed by atoms with E-state index in [1.807, 2.05) is 0 Å². The summed E-state index contributed by atoms with van der Waals surface area (Å²) < 4.78 is 5.11. The fourth-order valence-electron chi connectivity index (χ4n) is 2.30. The minimum Gasteiger partial charge on any atom is -0.383 e. The number of thiocarbonyl (C=S) groups is 1. The van der Waals surface area contributed by atoms with Gasteiger partial charge < -0.3 is 19.9 Å². The normalized spacial score (nSPS) is 21.9. The minimum absolute atomic E-state index is 0.271. The van der Waals surface area contributed by atoms with Crippen LogP contribution in [0.3, 0.4) is 0 Å². The maximum atomic E-state index is 5.47. The average Bonchev–Trinajstić information content (AvgIpc) is 2.65. The summed E-state index contributed by atoms with van der Waals surface area (Å²) in [6.45, 7) is 4.92.